The first-order valence-electron chi connectivity index (χ1n) is 5.46. The molecule has 0 atom stereocenters. The number of nitrogens with zero attached hydrogens (tertiary/aromatic N) is 3. The lowest BCUT2D eigenvalue weighted by molar-refractivity contribution is 0.579. The molecule has 18 heavy (non-hydrogen) atoms. The van der Waals surface area contributed by atoms with E-state index in [4.69, 9.17) is 4.42 Å². The third-order valence-electron chi connectivity index (χ3n) is 2.38. The number of nitrogens with one attached hydrogen (secondary N) is 2. The quantitative estimate of drug-likeness (QED) is 0.736. The summed E-state index contributed by atoms with van der Waals surface area (Å²) in [6, 6.07) is 5.53. The molecule has 3 heterocycles. The number of H-pyrrole nitrogens is 1. The standard InChI is InChI=1S/C12H11N5O/c1-8-15-10(11-3-2-4-18-11)5-12(16-8)17-9-6-13-14-7-9/h2-7H,1H3,(H,13,14)(H,15,16,17). The molecule has 0 radical (unpaired) electrons. The Balaban J connectivity index is 1.96. The Hall–Kier alpha value is -2.63. The van der Waals surface area contributed by atoms with Crippen molar-refractivity contribution in [3.05, 3.63) is 42.7 Å². The third-order valence-corrected chi connectivity index (χ3v) is 2.38. The molecule has 0 unspecified atom stereocenters. The van der Waals surface area contributed by atoms with E-state index in [1.807, 2.05) is 25.1 Å². The van der Waals surface area contributed by atoms with Crippen LogP contribution in [0.2, 0.25) is 0 Å². The minimum atomic E-state index is 0.676. The zero-order chi connectivity index (χ0) is 12.4. The fraction of sp³-hybridized carbons (Fsp3) is 0.0833. The molecule has 3 rings (SSSR count). The molecule has 0 aliphatic heterocycles. The summed E-state index contributed by atoms with van der Waals surface area (Å²) in [5.41, 5.74) is 1.59. The number of rotatable bonds is 3. The lowest BCUT2D eigenvalue weighted by Crippen LogP contribution is -1.97. The van der Waals surface area contributed by atoms with Crippen molar-refractivity contribution in [1.82, 2.24) is 20.2 Å². The molecular weight excluding hydrogens is 230 g/mol. The SMILES string of the molecule is Cc1nc(Nc2cn[nH]c2)cc(-c2ccco2)n1. The normalized spacial score (nSPS) is 10.5. The molecule has 0 amide bonds. The summed E-state index contributed by atoms with van der Waals surface area (Å²) < 4.78 is 5.33. The first-order valence-corrected chi connectivity index (χ1v) is 5.46. The van der Waals surface area contributed by atoms with Gasteiger partial charge in [-0.1, -0.05) is 0 Å². The van der Waals surface area contributed by atoms with Crippen LogP contribution in [0.25, 0.3) is 11.5 Å². The summed E-state index contributed by atoms with van der Waals surface area (Å²) in [4.78, 5) is 8.65. The predicted molar refractivity (Wildman–Crippen MR) is 66.3 cm³/mol. The molecule has 3 aromatic rings. The lowest BCUT2D eigenvalue weighted by atomic mass is 10.3. The molecule has 6 heteroatoms. The number of aryl methyl sites for hydroxylation is 1. The minimum absolute atomic E-state index is 0.676. The van der Waals surface area contributed by atoms with Gasteiger partial charge in [0.15, 0.2) is 5.76 Å². The molecule has 2 N–H and O–H groups in total. The summed E-state index contributed by atoms with van der Waals surface area (Å²) in [5.74, 6) is 2.10. The molecule has 0 saturated heterocycles. The van der Waals surface area contributed by atoms with Gasteiger partial charge in [0.2, 0.25) is 0 Å². The molecule has 90 valence electrons. The Morgan fingerprint density at radius 1 is 1.33 bits per heavy atom. The highest BCUT2D eigenvalue weighted by Crippen LogP contribution is 2.21. The van der Waals surface area contributed by atoms with Crippen LogP contribution in [0.3, 0.4) is 0 Å². The summed E-state index contributed by atoms with van der Waals surface area (Å²) >= 11 is 0. The van der Waals surface area contributed by atoms with Crippen molar-refractivity contribution in [2.45, 2.75) is 6.92 Å². The van der Waals surface area contributed by atoms with Gasteiger partial charge in [-0.2, -0.15) is 5.10 Å². The molecular formula is C12H11N5O. The predicted octanol–water partition coefficient (Wildman–Crippen LogP) is 2.51. The topological polar surface area (TPSA) is 79.6 Å². The fourth-order valence-corrected chi connectivity index (χ4v) is 1.65. The van der Waals surface area contributed by atoms with E-state index in [0.29, 0.717) is 11.6 Å². The smallest absolute Gasteiger partial charge is 0.152 e. The largest absolute Gasteiger partial charge is 0.463 e. The van der Waals surface area contributed by atoms with Crippen LogP contribution in [-0.4, -0.2) is 20.2 Å². The maximum atomic E-state index is 5.33. The lowest BCUT2D eigenvalue weighted by Gasteiger charge is -2.05. The van der Waals surface area contributed by atoms with E-state index in [-0.39, 0.29) is 0 Å². The first-order chi connectivity index (χ1) is 8.81. The second-order valence-corrected chi connectivity index (χ2v) is 3.77. The molecule has 0 aliphatic carbocycles. The molecule has 0 bridgehead atoms. The van der Waals surface area contributed by atoms with Gasteiger partial charge in [0.1, 0.15) is 17.3 Å². The summed E-state index contributed by atoms with van der Waals surface area (Å²) in [5, 5.41) is 9.74. The molecule has 0 spiro atoms. The van der Waals surface area contributed by atoms with E-state index >= 15 is 0 Å². The number of hydrogen-bond donors (Lipinski definition) is 2. The van der Waals surface area contributed by atoms with Gasteiger partial charge in [0, 0.05) is 12.3 Å². The van der Waals surface area contributed by atoms with Crippen molar-refractivity contribution in [3.8, 4) is 11.5 Å². The van der Waals surface area contributed by atoms with Crippen molar-refractivity contribution in [2.75, 3.05) is 5.32 Å². The van der Waals surface area contributed by atoms with Crippen LogP contribution in [0.4, 0.5) is 11.5 Å². The second-order valence-electron chi connectivity index (χ2n) is 3.77. The summed E-state index contributed by atoms with van der Waals surface area (Å²) in [6.07, 6.45) is 5.06. The average molecular weight is 241 g/mol. The molecule has 0 saturated carbocycles. The van der Waals surface area contributed by atoms with E-state index in [0.717, 1.165) is 17.1 Å². The van der Waals surface area contributed by atoms with Crippen LogP contribution in [0.5, 0.6) is 0 Å². The molecule has 6 nitrogen and oxygen atoms in total. The summed E-state index contributed by atoms with van der Waals surface area (Å²) in [7, 11) is 0. The van der Waals surface area contributed by atoms with Gasteiger partial charge in [-0.05, 0) is 19.1 Å². The number of furan rings is 1. The van der Waals surface area contributed by atoms with Gasteiger partial charge in [-0.3, -0.25) is 5.10 Å². The van der Waals surface area contributed by atoms with Gasteiger partial charge in [-0.25, -0.2) is 9.97 Å². The average Bonchev–Trinajstić information content (AvgIpc) is 3.00. The maximum absolute atomic E-state index is 5.33. The Morgan fingerprint density at radius 3 is 3.00 bits per heavy atom. The second kappa shape index (κ2) is 4.33. The molecule has 0 fully saturated rings. The van der Waals surface area contributed by atoms with Crippen LogP contribution >= 0.6 is 0 Å². The van der Waals surface area contributed by atoms with Gasteiger partial charge in [0.05, 0.1) is 18.1 Å². The number of anilines is 2. The van der Waals surface area contributed by atoms with Gasteiger partial charge in [0.25, 0.3) is 0 Å². The highest BCUT2D eigenvalue weighted by Gasteiger charge is 2.07. The van der Waals surface area contributed by atoms with Crippen LogP contribution in [0, 0.1) is 6.92 Å². The van der Waals surface area contributed by atoms with Crippen LogP contribution < -0.4 is 5.32 Å². The number of aromatic nitrogens is 4. The molecule has 0 aliphatic rings. The Morgan fingerprint density at radius 2 is 2.28 bits per heavy atom. The molecule has 3 aromatic heterocycles. The van der Waals surface area contributed by atoms with Crippen LogP contribution in [0.1, 0.15) is 5.82 Å². The van der Waals surface area contributed by atoms with Gasteiger partial charge < -0.3 is 9.73 Å². The Labute approximate surface area is 103 Å². The first kappa shape index (κ1) is 10.5. The monoisotopic (exact) mass is 241 g/mol. The van der Waals surface area contributed by atoms with E-state index in [9.17, 15) is 0 Å². The van der Waals surface area contributed by atoms with Crippen molar-refractivity contribution in [1.29, 1.82) is 0 Å². The van der Waals surface area contributed by atoms with Crippen molar-refractivity contribution in [2.24, 2.45) is 0 Å². The maximum Gasteiger partial charge on any atom is 0.152 e. The van der Waals surface area contributed by atoms with Gasteiger partial charge in [-0.15, -0.1) is 0 Å². The minimum Gasteiger partial charge on any atom is -0.463 e. The third kappa shape index (κ3) is 2.08. The zero-order valence-electron chi connectivity index (χ0n) is 9.71. The van der Waals surface area contributed by atoms with Crippen molar-refractivity contribution < 1.29 is 4.42 Å². The van der Waals surface area contributed by atoms with Crippen molar-refractivity contribution >= 4 is 11.5 Å². The van der Waals surface area contributed by atoms with E-state index in [2.05, 4.69) is 25.5 Å². The number of hydrogen-bond acceptors (Lipinski definition) is 5. The Kier molecular flexibility index (Phi) is 2.53. The highest BCUT2D eigenvalue weighted by atomic mass is 16.3. The van der Waals surface area contributed by atoms with Crippen molar-refractivity contribution in [3.63, 3.8) is 0 Å². The molecule has 0 aromatic carbocycles. The van der Waals surface area contributed by atoms with Crippen LogP contribution in [-0.2, 0) is 0 Å². The highest BCUT2D eigenvalue weighted by molar-refractivity contribution is 5.61. The van der Waals surface area contributed by atoms with Crippen LogP contribution in [0.15, 0.2) is 41.3 Å². The van der Waals surface area contributed by atoms with E-state index in [1.54, 1.807) is 18.7 Å². The Bertz CT molecular complexity index is 631. The van der Waals surface area contributed by atoms with E-state index in [1.165, 1.54) is 0 Å². The number of aromatic amines is 1. The fourth-order valence-electron chi connectivity index (χ4n) is 1.65. The van der Waals surface area contributed by atoms with Gasteiger partial charge >= 0.3 is 0 Å². The zero-order valence-corrected chi connectivity index (χ0v) is 9.71. The van der Waals surface area contributed by atoms with E-state index < -0.39 is 0 Å². The summed E-state index contributed by atoms with van der Waals surface area (Å²) in [6.45, 7) is 1.84.